The molecule has 0 atom stereocenters. The highest BCUT2D eigenvalue weighted by Crippen LogP contribution is 2.14. The zero-order valence-electron chi connectivity index (χ0n) is 12.8. The Morgan fingerprint density at radius 2 is 2.09 bits per heavy atom. The van der Waals surface area contributed by atoms with Gasteiger partial charge in [-0.1, -0.05) is 6.07 Å². The molecule has 9 heteroatoms. The molecule has 2 amide bonds. The molecule has 0 aliphatic heterocycles. The van der Waals surface area contributed by atoms with Gasteiger partial charge in [0.1, 0.15) is 5.82 Å². The zero-order valence-corrected chi connectivity index (χ0v) is 12.8. The number of carbonyl (C=O) groups excluding carboxylic acids is 1. The van der Waals surface area contributed by atoms with Crippen molar-refractivity contribution in [1.82, 2.24) is 10.3 Å². The number of hydrogen-bond donors (Lipinski definition) is 3. The fraction of sp³-hybridized carbons (Fsp3) is 0.500. The number of alkyl halides is 2. The number of rotatable bonds is 8. The molecule has 1 rings (SSSR count). The number of pyridine rings is 1. The summed E-state index contributed by atoms with van der Waals surface area (Å²) in [7, 11) is 0. The van der Waals surface area contributed by atoms with Crippen molar-refractivity contribution >= 4 is 17.8 Å². The maximum atomic E-state index is 12.1. The molecule has 0 unspecified atom stereocenters. The van der Waals surface area contributed by atoms with Crippen LogP contribution in [0.2, 0.25) is 0 Å². The van der Waals surface area contributed by atoms with E-state index in [1.54, 1.807) is 13.8 Å². The third kappa shape index (κ3) is 7.93. The van der Waals surface area contributed by atoms with Crippen molar-refractivity contribution in [3.63, 3.8) is 0 Å². The topological polar surface area (TPSA) is 101 Å². The fourth-order valence-corrected chi connectivity index (χ4v) is 1.65. The van der Waals surface area contributed by atoms with Crippen LogP contribution in [0.15, 0.2) is 18.2 Å². The maximum absolute atomic E-state index is 12.1. The number of urea groups is 1. The first-order valence-electron chi connectivity index (χ1n) is 6.87. The molecular weight excluding hydrogens is 312 g/mol. The lowest BCUT2D eigenvalue weighted by molar-refractivity contribution is -0.137. The molecule has 0 aliphatic rings. The normalized spacial score (nSPS) is 11.2. The van der Waals surface area contributed by atoms with E-state index in [4.69, 9.17) is 9.84 Å². The number of halogens is 2. The van der Waals surface area contributed by atoms with Crippen LogP contribution in [-0.2, 0) is 4.79 Å². The monoisotopic (exact) mass is 331 g/mol. The molecule has 0 saturated carbocycles. The molecule has 0 radical (unpaired) electrons. The molecule has 0 bridgehead atoms. The van der Waals surface area contributed by atoms with Gasteiger partial charge in [0.05, 0.1) is 0 Å². The number of amides is 2. The minimum absolute atomic E-state index is 0.0340. The summed E-state index contributed by atoms with van der Waals surface area (Å²) in [5, 5.41) is 13.7. The second-order valence-electron chi connectivity index (χ2n) is 5.42. The van der Waals surface area contributed by atoms with Crippen LogP contribution in [0.3, 0.4) is 0 Å². The number of hydrogen-bond acceptors (Lipinski definition) is 4. The standard InChI is InChI=1S/C14H19F2N3O4/c1-14(2,7-6-12(20)21)19-13(22)18-10-4-3-5-11(17-10)23-8-9(15)16/h3-5,9H,6-8H2,1-2H3,(H,20,21)(H2,17,18,19,22). The summed E-state index contributed by atoms with van der Waals surface area (Å²) >= 11 is 0. The number of carboxylic acids is 1. The number of nitrogens with one attached hydrogen (secondary N) is 2. The Morgan fingerprint density at radius 1 is 1.39 bits per heavy atom. The molecule has 128 valence electrons. The molecular formula is C14H19F2N3O4. The number of aromatic nitrogens is 1. The smallest absolute Gasteiger partial charge is 0.320 e. The van der Waals surface area contributed by atoms with Gasteiger partial charge in [0.15, 0.2) is 6.61 Å². The Morgan fingerprint density at radius 3 is 2.70 bits per heavy atom. The average molecular weight is 331 g/mol. The van der Waals surface area contributed by atoms with Crippen LogP contribution in [0.5, 0.6) is 5.88 Å². The van der Waals surface area contributed by atoms with Crippen LogP contribution in [0.4, 0.5) is 19.4 Å². The quantitative estimate of drug-likeness (QED) is 0.679. The third-order valence-electron chi connectivity index (χ3n) is 2.74. The Bertz CT molecular complexity index is 553. The van der Waals surface area contributed by atoms with Crippen LogP contribution in [0.1, 0.15) is 26.7 Å². The summed E-state index contributed by atoms with van der Waals surface area (Å²) in [4.78, 5) is 26.3. The lowest BCUT2D eigenvalue weighted by Crippen LogP contribution is -2.45. The Balaban J connectivity index is 2.56. The predicted molar refractivity (Wildman–Crippen MR) is 78.8 cm³/mol. The van der Waals surface area contributed by atoms with E-state index in [9.17, 15) is 18.4 Å². The van der Waals surface area contributed by atoms with E-state index in [1.165, 1.54) is 18.2 Å². The lowest BCUT2D eigenvalue weighted by Gasteiger charge is -2.25. The summed E-state index contributed by atoms with van der Waals surface area (Å²) in [6, 6.07) is 3.78. The summed E-state index contributed by atoms with van der Waals surface area (Å²) in [6.07, 6.45) is -2.45. The van der Waals surface area contributed by atoms with Gasteiger partial charge in [-0.25, -0.2) is 13.6 Å². The van der Waals surface area contributed by atoms with Crippen molar-refractivity contribution < 1.29 is 28.2 Å². The lowest BCUT2D eigenvalue weighted by atomic mass is 9.99. The zero-order chi connectivity index (χ0) is 17.5. The second kappa shape index (κ2) is 8.25. The molecule has 1 aromatic rings. The number of nitrogens with zero attached hydrogens (tertiary/aromatic N) is 1. The van der Waals surface area contributed by atoms with Gasteiger partial charge in [0, 0.05) is 18.0 Å². The molecule has 1 aromatic heterocycles. The van der Waals surface area contributed by atoms with Gasteiger partial charge < -0.3 is 15.2 Å². The summed E-state index contributed by atoms with van der Waals surface area (Å²) < 4.78 is 28.9. The van der Waals surface area contributed by atoms with E-state index in [0.29, 0.717) is 0 Å². The van der Waals surface area contributed by atoms with E-state index in [0.717, 1.165) is 0 Å². The Hall–Kier alpha value is -2.45. The summed E-state index contributed by atoms with van der Waals surface area (Å²) in [5.41, 5.74) is -0.730. The number of carbonyl (C=O) groups is 2. The number of aliphatic carboxylic acids is 1. The van der Waals surface area contributed by atoms with Crippen LogP contribution in [0.25, 0.3) is 0 Å². The van der Waals surface area contributed by atoms with Gasteiger partial charge in [-0.2, -0.15) is 4.98 Å². The number of carboxylic acid groups (broad SMARTS) is 1. The van der Waals surface area contributed by atoms with Gasteiger partial charge in [-0.05, 0) is 26.3 Å². The third-order valence-corrected chi connectivity index (χ3v) is 2.74. The van der Waals surface area contributed by atoms with Gasteiger partial charge >= 0.3 is 12.0 Å². The molecule has 0 saturated heterocycles. The van der Waals surface area contributed by atoms with Crippen molar-refractivity contribution in [2.45, 2.75) is 38.7 Å². The van der Waals surface area contributed by atoms with Gasteiger partial charge in [0.25, 0.3) is 6.43 Å². The Kier molecular flexibility index (Phi) is 6.67. The highest BCUT2D eigenvalue weighted by atomic mass is 19.3. The van der Waals surface area contributed by atoms with Crippen LogP contribution >= 0.6 is 0 Å². The molecule has 0 aromatic carbocycles. The molecule has 0 fully saturated rings. The molecule has 0 aliphatic carbocycles. The molecule has 7 nitrogen and oxygen atoms in total. The van der Waals surface area contributed by atoms with E-state index < -0.39 is 30.6 Å². The number of anilines is 1. The maximum Gasteiger partial charge on any atom is 0.320 e. The largest absolute Gasteiger partial charge is 0.481 e. The van der Waals surface area contributed by atoms with Crippen LogP contribution in [0, 0.1) is 0 Å². The summed E-state index contributed by atoms with van der Waals surface area (Å²) in [6.45, 7) is 2.58. The predicted octanol–water partition coefficient (Wildman–Crippen LogP) is 2.49. The minimum Gasteiger partial charge on any atom is -0.481 e. The molecule has 3 N–H and O–H groups in total. The van der Waals surface area contributed by atoms with Crippen molar-refractivity contribution in [2.24, 2.45) is 0 Å². The fourth-order valence-electron chi connectivity index (χ4n) is 1.65. The van der Waals surface area contributed by atoms with Gasteiger partial charge in [-0.15, -0.1) is 0 Å². The van der Waals surface area contributed by atoms with Gasteiger partial charge in [0.2, 0.25) is 5.88 Å². The van der Waals surface area contributed by atoms with E-state index in [-0.39, 0.29) is 24.5 Å². The first-order chi connectivity index (χ1) is 10.7. The van der Waals surface area contributed by atoms with Crippen LogP contribution in [-0.4, -0.2) is 40.7 Å². The van der Waals surface area contributed by atoms with Gasteiger partial charge in [-0.3, -0.25) is 10.1 Å². The van der Waals surface area contributed by atoms with E-state index in [1.807, 2.05) is 0 Å². The Labute approximate surface area is 132 Å². The molecule has 23 heavy (non-hydrogen) atoms. The molecule has 0 spiro atoms. The van der Waals surface area contributed by atoms with Crippen molar-refractivity contribution in [3.05, 3.63) is 18.2 Å². The first-order valence-corrected chi connectivity index (χ1v) is 6.87. The highest BCUT2D eigenvalue weighted by Gasteiger charge is 2.21. The SMILES string of the molecule is CC(C)(CCC(=O)O)NC(=O)Nc1cccc(OCC(F)F)n1. The first kappa shape index (κ1) is 18.6. The highest BCUT2D eigenvalue weighted by molar-refractivity contribution is 5.88. The van der Waals surface area contributed by atoms with Crippen molar-refractivity contribution in [3.8, 4) is 5.88 Å². The number of ether oxygens (including phenoxy) is 1. The average Bonchev–Trinajstić information content (AvgIpc) is 2.43. The minimum atomic E-state index is -2.62. The van der Waals surface area contributed by atoms with E-state index >= 15 is 0 Å². The van der Waals surface area contributed by atoms with Crippen LogP contribution < -0.4 is 15.4 Å². The second-order valence-corrected chi connectivity index (χ2v) is 5.42. The molecule has 1 heterocycles. The summed E-state index contributed by atoms with van der Waals surface area (Å²) in [5.74, 6) is -0.859. The van der Waals surface area contributed by atoms with E-state index in [2.05, 4.69) is 15.6 Å². The van der Waals surface area contributed by atoms with Crippen molar-refractivity contribution in [2.75, 3.05) is 11.9 Å². The van der Waals surface area contributed by atoms with Crippen molar-refractivity contribution in [1.29, 1.82) is 0 Å².